The summed E-state index contributed by atoms with van der Waals surface area (Å²) in [5, 5.41) is 4.74. The van der Waals surface area contributed by atoms with Crippen LogP contribution in [-0.2, 0) is 23.9 Å². The first-order chi connectivity index (χ1) is 10.5. The molecule has 0 aromatic heterocycles. The zero-order valence-corrected chi connectivity index (χ0v) is 14.1. The number of ether oxygens (including phenoxy) is 2. The molecule has 9 nitrogen and oxygen atoms in total. The quantitative estimate of drug-likeness (QED) is 0.554. The Labute approximate surface area is 135 Å². The monoisotopic (exact) mass is 331 g/mol. The number of methoxy groups -OCH3 is 1. The molecule has 0 aliphatic rings. The van der Waals surface area contributed by atoms with Crippen LogP contribution in [-0.4, -0.2) is 48.7 Å². The van der Waals surface area contributed by atoms with Crippen molar-refractivity contribution in [3.63, 3.8) is 0 Å². The highest BCUT2D eigenvalue weighted by atomic mass is 16.6. The van der Waals surface area contributed by atoms with E-state index in [4.69, 9.17) is 10.5 Å². The molecule has 0 aromatic rings. The third-order valence-corrected chi connectivity index (χ3v) is 2.60. The lowest BCUT2D eigenvalue weighted by Gasteiger charge is -2.24. The van der Waals surface area contributed by atoms with E-state index < -0.39 is 41.6 Å². The van der Waals surface area contributed by atoms with Gasteiger partial charge in [-0.05, 0) is 34.1 Å². The molecule has 0 aromatic carbocycles. The molecule has 0 fully saturated rings. The summed E-state index contributed by atoms with van der Waals surface area (Å²) in [5.74, 6) is -1.89. The number of amides is 3. The van der Waals surface area contributed by atoms with E-state index >= 15 is 0 Å². The first-order valence-corrected chi connectivity index (χ1v) is 7.12. The zero-order valence-electron chi connectivity index (χ0n) is 14.1. The molecule has 0 bridgehead atoms. The van der Waals surface area contributed by atoms with Crippen molar-refractivity contribution in [1.82, 2.24) is 10.6 Å². The fourth-order valence-electron chi connectivity index (χ4n) is 1.55. The fraction of sp³-hybridized carbons (Fsp3) is 0.714. The van der Waals surface area contributed by atoms with Crippen LogP contribution in [0.1, 0.15) is 40.5 Å². The minimum atomic E-state index is -1.07. The number of nitrogens with two attached hydrogens (primary N) is 1. The van der Waals surface area contributed by atoms with Crippen LogP contribution in [0.25, 0.3) is 0 Å². The van der Waals surface area contributed by atoms with Gasteiger partial charge in [-0.2, -0.15) is 0 Å². The van der Waals surface area contributed by atoms with Gasteiger partial charge in [0, 0.05) is 6.42 Å². The standard InChI is InChI=1S/C14H25N3O6/c1-8(12(20)22-5)16-11(19)9(6-7-10(15)18)17-13(21)23-14(2,3)4/h8-9H,6-7H2,1-5H3,(H2,15,18)(H,16,19)(H,17,21)/t8-,9+/m0/s1. The van der Waals surface area contributed by atoms with E-state index in [1.807, 2.05) is 0 Å². The lowest BCUT2D eigenvalue weighted by molar-refractivity contribution is -0.144. The predicted octanol–water partition coefficient (Wildman–Crippen LogP) is -0.177. The molecule has 9 heteroatoms. The minimum Gasteiger partial charge on any atom is -0.467 e. The molecule has 23 heavy (non-hydrogen) atoms. The first-order valence-electron chi connectivity index (χ1n) is 7.12. The van der Waals surface area contributed by atoms with Crippen LogP contribution in [0.3, 0.4) is 0 Å². The van der Waals surface area contributed by atoms with Crippen LogP contribution in [0.15, 0.2) is 0 Å². The minimum absolute atomic E-state index is 0.0195. The lowest BCUT2D eigenvalue weighted by atomic mass is 10.1. The highest BCUT2D eigenvalue weighted by Gasteiger charge is 2.27. The number of nitrogens with one attached hydrogen (secondary N) is 2. The van der Waals surface area contributed by atoms with Gasteiger partial charge in [0.15, 0.2) is 0 Å². The molecule has 0 heterocycles. The van der Waals surface area contributed by atoms with Crippen molar-refractivity contribution in [3.8, 4) is 0 Å². The van der Waals surface area contributed by atoms with Gasteiger partial charge in [0.05, 0.1) is 7.11 Å². The summed E-state index contributed by atoms with van der Waals surface area (Å²) in [7, 11) is 1.19. The second-order valence-corrected chi connectivity index (χ2v) is 5.96. The van der Waals surface area contributed by atoms with Crippen LogP contribution in [0.2, 0.25) is 0 Å². The summed E-state index contributed by atoms with van der Waals surface area (Å²) in [4.78, 5) is 46.1. The van der Waals surface area contributed by atoms with Crippen molar-refractivity contribution >= 4 is 23.9 Å². The predicted molar refractivity (Wildman–Crippen MR) is 81.2 cm³/mol. The maximum absolute atomic E-state index is 12.1. The van der Waals surface area contributed by atoms with Gasteiger partial charge in [0.2, 0.25) is 11.8 Å². The Bertz CT molecular complexity index is 458. The first kappa shape index (κ1) is 20.7. The Morgan fingerprint density at radius 3 is 2.13 bits per heavy atom. The van der Waals surface area contributed by atoms with Crippen LogP contribution >= 0.6 is 0 Å². The molecule has 0 aliphatic carbocycles. The van der Waals surface area contributed by atoms with Gasteiger partial charge in [-0.3, -0.25) is 9.59 Å². The van der Waals surface area contributed by atoms with Crippen LogP contribution < -0.4 is 16.4 Å². The average Bonchev–Trinajstić information content (AvgIpc) is 2.39. The van der Waals surface area contributed by atoms with Gasteiger partial charge >= 0.3 is 12.1 Å². The van der Waals surface area contributed by atoms with Crippen LogP contribution in [0, 0.1) is 0 Å². The average molecular weight is 331 g/mol. The molecule has 0 unspecified atom stereocenters. The molecule has 0 rings (SSSR count). The van der Waals surface area contributed by atoms with E-state index in [9.17, 15) is 19.2 Å². The smallest absolute Gasteiger partial charge is 0.408 e. The molecule has 0 aliphatic heterocycles. The lowest BCUT2D eigenvalue weighted by Crippen LogP contribution is -2.52. The van der Waals surface area contributed by atoms with Crippen molar-refractivity contribution in [2.45, 2.75) is 58.2 Å². The Kier molecular flexibility index (Phi) is 8.06. The molecule has 3 amide bonds. The molecule has 0 spiro atoms. The molecular formula is C14H25N3O6. The number of alkyl carbamates (subject to hydrolysis) is 1. The maximum atomic E-state index is 12.1. The Hall–Kier alpha value is -2.32. The number of primary amides is 1. The number of esters is 1. The van der Waals surface area contributed by atoms with Crippen LogP contribution in [0.5, 0.6) is 0 Å². The summed E-state index contributed by atoms with van der Waals surface area (Å²) in [6, 6.07) is -1.96. The van der Waals surface area contributed by atoms with Gasteiger partial charge < -0.3 is 25.8 Å². The van der Waals surface area contributed by atoms with E-state index in [1.165, 1.54) is 14.0 Å². The van der Waals surface area contributed by atoms with Gasteiger partial charge in [-0.25, -0.2) is 9.59 Å². The van der Waals surface area contributed by atoms with Crippen molar-refractivity contribution in [2.24, 2.45) is 5.73 Å². The van der Waals surface area contributed by atoms with Gasteiger partial charge in [-0.15, -0.1) is 0 Å². The second kappa shape index (κ2) is 8.96. The summed E-state index contributed by atoms with van der Waals surface area (Å²) in [6.45, 7) is 6.45. The SMILES string of the molecule is COC(=O)[C@H](C)NC(=O)[C@@H](CCC(N)=O)NC(=O)OC(C)(C)C. The van der Waals surface area contributed by atoms with Gasteiger partial charge in [0.1, 0.15) is 17.7 Å². The highest BCUT2D eigenvalue weighted by Crippen LogP contribution is 2.08. The van der Waals surface area contributed by atoms with Gasteiger partial charge in [0.25, 0.3) is 0 Å². The molecular weight excluding hydrogens is 306 g/mol. The number of rotatable bonds is 7. The summed E-state index contributed by atoms with van der Waals surface area (Å²) in [6.07, 6.45) is -0.942. The van der Waals surface area contributed by atoms with Crippen molar-refractivity contribution in [2.75, 3.05) is 7.11 Å². The summed E-state index contributed by atoms with van der Waals surface area (Å²) >= 11 is 0. The topological polar surface area (TPSA) is 137 Å². The van der Waals surface area contributed by atoms with E-state index in [2.05, 4.69) is 15.4 Å². The third-order valence-electron chi connectivity index (χ3n) is 2.60. The van der Waals surface area contributed by atoms with Crippen molar-refractivity contribution in [3.05, 3.63) is 0 Å². The molecule has 132 valence electrons. The largest absolute Gasteiger partial charge is 0.467 e. The Morgan fingerprint density at radius 1 is 1.13 bits per heavy atom. The highest BCUT2D eigenvalue weighted by molar-refractivity contribution is 5.90. The molecule has 0 saturated heterocycles. The van der Waals surface area contributed by atoms with E-state index in [1.54, 1.807) is 20.8 Å². The molecule has 2 atom stereocenters. The molecule has 4 N–H and O–H groups in total. The number of carbonyl (C=O) groups excluding carboxylic acids is 4. The summed E-state index contributed by atoms with van der Waals surface area (Å²) < 4.78 is 9.56. The summed E-state index contributed by atoms with van der Waals surface area (Å²) in [5.41, 5.74) is 4.31. The zero-order chi connectivity index (χ0) is 18.2. The number of hydrogen-bond acceptors (Lipinski definition) is 6. The maximum Gasteiger partial charge on any atom is 0.408 e. The van der Waals surface area contributed by atoms with Crippen molar-refractivity contribution < 1.29 is 28.7 Å². The number of hydrogen-bond donors (Lipinski definition) is 3. The molecule has 0 saturated carbocycles. The Morgan fingerprint density at radius 2 is 1.70 bits per heavy atom. The van der Waals surface area contributed by atoms with Crippen molar-refractivity contribution in [1.29, 1.82) is 0 Å². The van der Waals surface area contributed by atoms with Crippen LogP contribution in [0.4, 0.5) is 4.79 Å². The second-order valence-electron chi connectivity index (χ2n) is 5.96. The van der Waals surface area contributed by atoms with E-state index in [0.717, 1.165) is 0 Å². The molecule has 0 radical (unpaired) electrons. The Balaban J connectivity index is 4.85. The van der Waals surface area contributed by atoms with E-state index in [-0.39, 0.29) is 12.8 Å². The fourth-order valence-corrected chi connectivity index (χ4v) is 1.55. The van der Waals surface area contributed by atoms with Gasteiger partial charge in [-0.1, -0.05) is 0 Å². The normalized spacial score (nSPS) is 13.4. The number of carbonyl (C=O) groups is 4. The third kappa shape index (κ3) is 9.33. The van der Waals surface area contributed by atoms with E-state index in [0.29, 0.717) is 0 Å².